The Morgan fingerprint density at radius 2 is 2.14 bits per heavy atom. The number of aryl methyl sites for hydroxylation is 2. The van der Waals surface area contributed by atoms with Crippen LogP contribution in [-0.2, 0) is 19.9 Å². The van der Waals surface area contributed by atoms with E-state index in [1.54, 1.807) is 4.68 Å². The van der Waals surface area contributed by atoms with E-state index in [1.807, 2.05) is 44.3 Å². The molecule has 0 bridgehead atoms. The number of halogens is 1. The normalized spacial score (nSPS) is 13.0. The summed E-state index contributed by atoms with van der Waals surface area (Å²) in [5.41, 5.74) is 2.45. The monoisotopic (exact) mass is 304 g/mol. The van der Waals surface area contributed by atoms with Gasteiger partial charge in [0.25, 0.3) is 0 Å². The predicted octanol–water partition coefficient (Wildman–Crippen LogP) is 3.66. The first-order valence-corrected chi connectivity index (χ1v) is 7.34. The van der Waals surface area contributed by atoms with Gasteiger partial charge < -0.3 is 9.52 Å². The van der Waals surface area contributed by atoms with Gasteiger partial charge in [0.05, 0.1) is 16.4 Å². The van der Waals surface area contributed by atoms with E-state index in [2.05, 4.69) is 5.10 Å². The van der Waals surface area contributed by atoms with Gasteiger partial charge in [-0.3, -0.25) is 4.68 Å². The molecule has 1 aromatic carbocycles. The van der Waals surface area contributed by atoms with Crippen molar-refractivity contribution in [3.8, 4) is 0 Å². The van der Waals surface area contributed by atoms with Crippen LogP contribution in [0.1, 0.15) is 30.2 Å². The van der Waals surface area contributed by atoms with E-state index >= 15 is 0 Å². The van der Waals surface area contributed by atoms with E-state index in [4.69, 9.17) is 16.0 Å². The summed E-state index contributed by atoms with van der Waals surface area (Å²) in [7, 11) is 1.84. The smallest absolute Gasteiger partial charge is 0.134 e. The molecular weight excluding hydrogens is 288 g/mol. The maximum absolute atomic E-state index is 10.4. The standard InChI is InChI=1S/C16H17ClN2O2/c1-3-11-16(17)12(19(2)18-11)9-13(20)15-8-10-6-4-5-7-14(10)21-15/h4-8,13,20H,3,9H2,1-2H3. The summed E-state index contributed by atoms with van der Waals surface area (Å²) in [5.74, 6) is 0.548. The Kier molecular flexibility index (Phi) is 3.74. The minimum Gasteiger partial charge on any atom is -0.458 e. The van der Waals surface area contributed by atoms with Crippen molar-refractivity contribution < 1.29 is 9.52 Å². The molecule has 1 atom stereocenters. The molecule has 5 heteroatoms. The van der Waals surface area contributed by atoms with Crippen LogP contribution < -0.4 is 0 Å². The van der Waals surface area contributed by atoms with Crippen LogP contribution >= 0.6 is 11.6 Å². The van der Waals surface area contributed by atoms with Crippen molar-refractivity contribution in [2.45, 2.75) is 25.9 Å². The third-order valence-electron chi connectivity index (χ3n) is 3.66. The van der Waals surface area contributed by atoms with Crippen LogP contribution in [0.15, 0.2) is 34.7 Å². The number of rotatable bonds is 4. The fraction of sp³-hybridized carbons (Fsp3) is 0.312. The van der Waals surface area contributed by atoms with E-state index in [0.29, 0.717) is 17.2 Å². The van der Waals surface area contributed by atoms with Gasteiger partial charge in [-0.15, -0.1) is 0 Å². The van der Waals surface area contributed by atoms with Crippen molar-refractivity contribution in [1.82, 2.24) is 9.78 Å². The van der Waals surface area contributed by atoms with Crippen LogP contribution in [0.4, 0.5) is 0 Å². The van der Waals surface area contributed by atoms with Crippen LogP contribution in [0.3, 0.4) is 0 Å². The Morgan fingerprint density at radius 3 is 2.81 bits per heavy atom. The van der Waals surface area contributed by atoms with Gasteiger partial charge in [0, 0.05) is 18.9 Å². The number of hydrogen-bond donors (Lipinski definition) is 1. The van der Waals surface area contributed by atoms with E-state index in [-0.39, 0.29) is 0 Å². The number of aromatic nitrogens is 2. The zero-order valence-electron chi connectivity index (χ0n) is 12.0. The average Bonchev–Trinajstić information content (AvgIpc) is 3.03. The predicted molar refractivity (Wildman–Crippen MR) is 82.5 cm³/mol. The second kappa shape index (κ2) is 5.54. The minimum atomic E-state index is -0.741. The van der Waals surface area contributed by atoms with Crippen molar-refractivity contribution in [3.05, 3.63) is 52.5 Å². The van der Waals surface area contributed by atoms with Crippen LogP contribution in [0, 0.1) is 0 Å². The highest BCUT2D eigenvalue weighted by molar-refractivity contribution is 6.31. The molecular formula is C16H17ClN2O2. The SMILES string of the molecule is CCc1nn(C)c(CC(O)c2cc3ccccc3o2)c1Cl. The van der Waals surface area contributed by atoms with Gasteiger partial charge in [-0.05, 0) is 18.6 Å². The molecule has 0 radical (unpaired) electrons. The maximum Gasteiger partial charge on any atom is 0.134 e. The maximum atomic E-state index is 10.4. The molecule has 3 rings (SSSR count). The van der Waals surface area contributed by atoms with E-state index in [1.165, 1.54) is 0 Å². The highest BCUT2D eigenvalue weighted by Crippen LogP contribution is 2.29. The molecule has 0 fully saturated rings. The largest absolute Gasteiger partial charge is 0.458 e. The van der Waals surface area contributed by atoms with Gasteiger partial charge >= 0.3 is 0 Å². The third-order valence-corrected chi connectivity index (χ3v) is 4.10. The van der Waals surface area contributed by atoms with Gasteiger partial charge in [-0.25, -0.2) is 0 Å². The molecule has 0 spiro atoms. The fourth-order valence-corrected chi connectivity index (χ4v) is 2.86. The van der Waals surface area contributed by atoms with Crippen LogP contribution in [-0.4, -0.2) is 14.9 Å². The molecule has 110 valence electrons. The quantitative estimate of drug-likeness (QED) is 0.800. The van der Waals surface area contributed by atoms with Crippen LogP contribution in [0.2, 0.25) is 5.02 Å². The molecule has 0 amide bonds. The van der Waals surface area contributed by atoms with Gasteiger partial charge in [0.1, 0.15) is 17.4 Å². The Morgan fingerprint density at radius 1 is 1.38 bits per heavy atom. The summed E-state index contributed by atoms with van der Waals surface area (Å²) in [4.78, 5) is 0. The second-order valence-electron chi connectivity index (χ2n) is 5.09. The summed E-state index contributed by atoms with van der Waals surface area (Å²) >= 11 is 6.31. The summed E-state index contributed by atoms with van der Waals surface area (Å²) in [6.07, 6.45) is 0.408. The average molecular weight is 305 g/mol. The molecule has 0 saturated carbocycles. The molecule has 0 saturated heterocycles. The topological polar surface area (TPSA) is 51.2 Å². The summed E-state index contributed by atoms with van der Waals surface area (Å²) in [6.45, 7) is 2.01. The number of aliphatic hydroxyl groups is 1. The molecule has 2 aromatic heterocycles. The summed E-state index contributed by atoms with van der Waals surface area (Å²) in [5, 5.41) is 16.4. The molecule has 3 aromatic rings. The zero-order valence-corrected chi connectivity index (χ0v) is 12.8. The first-order chi connectivity index (χ1) is 10.1. The molecule has 2 heterocycles. The molecule has 21 heavy (non-hydrogen) atoms. The lowest BCUT2D eigenvalue weighted by molar-refractivity contribution is 0.150. The highest BCUT2D eigenvalue weighted by atomic mass is 35.5. The Hall–Kier alpha value is -1.78. The first-order valence-electron chi connectivity index (χ1n) is 6.97. The van der Waals surface area contributed by atoms with E-state index in [9.17, 15) is 5.11 Å². The number of para-hydroxylation sites is 1. The van der Waals surface area contributed by atoms with Gasteiger partial charge in [-0.2, -0.15) is 5.10 Å². The van der Waals surface area contributed by atoms with Crippen molar-refractivity contribution in [1.29, 1.82) is 0 Å². The Bertz CT molecular complexity index is 743. The van der Waals surface area contributed by atoms with Crippen molar-refractivity contribution in [2.75, 3.05) is 0 Å². The van der Waals surface area contributed by atoms with Crippen molar-refractivity contribution >= 4 is 22.6 Å². The van der Waals surface area contributed by atoms with Crippen LogP contribution in [0.5, 0.6) is 0 Å². The second-order valence-corrected chi connectivity index (χ2v) is 5.47. The van der Waals surface area contributed by atoms with Gasteiger partial charge in [-0.1, -0.05) is 36.7 Å². The number of furan rings is 1. The van der Waals surface area contributed by atoms with E-state index < -0.39 is 6.10 Å². The molecule has 0 aliphatic heterocycles. The number of aliphatic hydroxyl groups excluding tert-OH is 1. The Balaban J connectivity index is 1.89. The Labute approximate surface area is 127 Å². The number of fused-ring (bicyclic) bond motifs is 1. The molecule has 0 aliphatic carbocycles. The van der Waals surface area contributed by atoms with Gasteiger partial charge in [0.2, 0.25) is 0 Å². The zero-order chi connectivity index (χ0) is 15.0. The van der Waals surface area contributed by atoms with Gasteiger partial charge in [0.15, 0.2) is 0 Å². The van der Waals surface area contributed by atoms with Crippen LogP contribution in [0.25, 0.3) is 11.0 Å². The molecule has 1 unspecified atom stereocenters. The minimum absolute atomic E-state index is 0.377. The van der Waals surface area contributed by atoms with E-state index in [0.717, 1.165) is 28.8 Å². The first kappa shape index (κ1) is 14.2. The molecule has 0 aliphatic rings. The highest BCUT2D eigenvalue weighted by Gasteiger charge is 2.20. The molecule has 4 nitrogen and oxygen atoms in total. The number of nitrogens with zero attached hydrogens (tertiary/aromatic N) is 2. The summed E-state index contributed by atoms with van der Waals surface area (Å²) < 4.78 is 7.42. The lowest BCUT2D eigenvalue weighted by atomic mass is 10.1. The lowest BCUT2D eigenvalue weighted by Gasteiger charge is -2.08. The van der Waals surface area contributed by atoms with Crippen molar-refractivity contribution in [2.24, 2.45) is 7.05 Å². The molecule has 1 N–H and O–H groups in total. The van der Waals surface area contributed by atoms with Crippen molar-refractivity contribution in [3.63, 3.8) is 0 Å². The number of benzene rings is 1. The summed E-state index contributed by atoms with van der Waals surface area (Å²) in [6, 6.07) is 9.57. The fourth-order valence-electron chi connectivity index (χ4n) is 2.49. The lowest BCUT2D eigenvalue weighted by Crippen LogP contribution is -2.06. The third kappa shape index (κ3) is 2.57. The number of hydrogen-bond acceptors (Lipinski definition) is 3.